The Morgan fingerprint density at radius 1 is 1.38 bits per heavy atom. The van der Waals surface area contributed by atoms with Crippen LogP contribution in [0.5, 0.6) is 0 Å². The molecule has 0 aliphatic carbocycles. The highest BCUT2D eigenvalue weighted by Gasteiger charge is 2.29. The quantitative estimate of drug-likeness (QED) is 0.894. The van der Waals surface area contributed by atoms with Crippen molar-refractivity contribution >= 4 is 21.6 Å². The molecule has 0 spiro atoms. The molecular formula is C17H25N3O3S. The normalized spacial score (nSPS) is 26.3. The van der Waals surface area contributed by atoms with Gasteiger partial charge in [0.25, 0.3) is 5.91 Å². The number of piperidine rings is 1. The number of amides is 1. The van der Waals surface area contributed by atoms with Crippen molar-refractivity contribution in [2.45, 2.75) is 51.1 Å². The Kier molecular flexibility index (Phi) is 5.08. The van der Waals surface area contributed by atoms with Gasteiger partial charge in [0.1, 0.15) is 5.82 Å². The summed E-state index contributed by atoms with van der Waals surface area (Å²) in [4.78, 5) is 19.2. The molecule has 1 amide bonds. The Morgan fingerprint density at radius 2 is 2.21 bits per heavy atom. The lowest BCUT2D eigenvalue weighted by Crippen LogP contribution is -2.40. The topological polar surface area (TPSA) is 79.4 Å². The fraction of sp³-hybridized carbons (Fsp3) is 0.647. The smallest absolute Gasteiger partial charge is 0.251 e. The van der Waals surface area contributed by atoms with Crippen LogP contribution in [0.1, 0.15) is 49.4 Å². The van der Waals surface area contributed by atoms with Gasteiger partial charge in [0.15, 0.2) is 9.84 Å². The summed E-state index contributed by atoms with van der Waals surface area (Å²) in [6.45, 7) is 3.15. The molecule has 3 heterocycles. The van der Waals surface area contributed by atoms with Crippen LogP contribution < -0.4 is 10.2 Å². The Balaban J connectivity index is 1.71. The van der Waals surface area contributed by atoms with E-state index in [0.717, 1.165) is 31.6 Å². The number of rotatable bonds is 4. The zero-order chi connectivity index (χ0) is 17.2. The number of aromatic nitrogens is 1. The van der Waals surface area contributed by atoms with Crippen LogP contribution in [0.15, 0.2) is 18.3 Å². The minimum Gasteiger partial charge on any atom is -0.354 e. The molecule has 1 aromatic heterocycles. The highest BCUT2D eigenvalue weighted by molar-refractivity contribution is 7.91. The minimum absolute atomic E-state index is 0.0424. The number of anilines is 1. The number of carbonyl (C=O) groups is 1. The second-order valence-corrected chi connectivity index (χ2v) is 8.96. The highest BCUT2D eigenvalue weighted by Crippen LogP contribution is 2.25. The average molecular weight is 351 g/mol. The van der Waals surface area contributed by atoms with Gasteiger partial charge >= 0.3 is 0 Å². The summed E-state index contributed by atoms with van der Waals surface area (Å²) in [6.07, 6.45) is 6.78. The van der Waals surface area contributed by atoms with Gasteiger partial charge in [0, 0.05) is 30.4 Å². The minimum atomic E-state index is -2.99. The highest BCUT2D eigenvalue weighted by atomic mass is 32.2. The lowest BCUT2D eigenvalue weighted by molar-refractivity contribution is 0.0941. The largest absolute Gasteiger partial charge is 0.354 e. The van der Waals surface area contributed by atoms with Crippen LogP contribution in [-0.2, 0) is 9.84 Å². The molecule has 24 heavy (non-hydrogen) atoms. The van der Waals surface area contributed by atoms with E-state index in [1.165, 1.54) is 6.42 Å². The Labute approximate surface area is 143 Å². The molecule has 132 valence electrons. The van der Waals surface area contributed by atoms with Crippen molar-refractivity contribution in [1.29, 1.82) is 0 Å². The monoisotopic (exact) mass is 351 g/mol. The van der Waals surface area contributed by atoms with Crippen LogP contribution in [0.2, 0.25) is 0 Å². The summed E-state index contributed by atoms with van der Waals surface area (Å²) in [5.74, 6) is 0.825. The summed E-state index contributed by atoms with van der Waals surface area (Å²) in [5, 5.41) is 2.84. The van der Waals surface area contributed by atoms with Crippen LogP contribution >= 0.6 is 0 Å². The predicted molar refractivity (Wildman–Crippen MR) is 94.0 cm³/mol. The van der Waals surface area contributed by atoms with E-state index in [0.29, 0.717) is 18.0 Å². The zero-order valence-electron chi connectivity index (χ0n) is 14.1. The summed E-state index contributed by atoms with van der Waals surface area (Å²) in [5.41, 5.74) is 0.546. The van der Waals surface area contributed by atoms with Gasteiger partial charge in [-0.1, -0.05) is 6.92 Å². The van der Waals surface area contributed by atoms with Gasteiger partial charge in [-0.3, -0.25) is 4.79 Å². The molecule has 2 saturated heterocycles. The van der Waals surface area contributed by atoms with Gasteiger partial charge in [-0.05, 0) is 44.2 Å². The Bertz CT molecular complexity index is 705. The summed E-state index contributed by atoms with van der Waals surface area (Å²) in [6, 6.07) is 3.71. The third-order valence-electron chi connectivity index (χ3n) is 4.97. The molecule has 2 unspecified atom stereocenters. The van der Waals surface area contributed by atoms with E-state index in [4.69, 9.17) is 0 Å². The maximum Gasteiger partial charge on any atom is 0.251 e. The second-order valence-electron chi connectivity index (χ2n) is 6.73. The van der Waals surface area contributed by atoms with E-state index >= 15 is 0 Å². The van der Waals surface area contributed by atoms with Crippen molar-refractivity contribution in [3.05, 3.63) is 23.9 Å². The molecule has 0 radical (unpaired) electrons. The number of hydrogen-bond acceptors (Lipinski definition) is 5. The second kappa shape index (κ2) is 7.09. The van der Waals surface area contributed by atoms with Crippen molar-refractivity contribution in [3.8, 4) is 0 Å². The fourth-order valence-corrected chi connectivity index (χ4v) is 5.29. The molecule has 3 rings (SSSR count). The number of carbonyl (C=O) groups excluding carboxylic acids is 1. The molecule has 0 bridgehead atoms. The zero-order valence-corrected chi connectivity index (χ0v) is 14.9. The van der Waals surface area contributed by atoms with Crippen LogP contribution in [0, 0.1) is 0 Å². The standard InChI is InChI=1S/C17H25N3O3S/c1-2-15-5-3-4-9-20(15)16-11-13(6-8-18-16)17(21)19-14-7-10-24(22,23)12-14/h6,8,11,14-15H,2-5,7,9-10,12H2,1H3,(H,19,21). The van der Waals surface area contributed by atoms with Gasteiger partial charge in [-0.15, -0.1) is 0 Å². The first-order chi connectivity index (χ1) is 11.5. The molecule has 2 fully saturated rings. The Hall–Kier alpha value is -1.63. The third kappa shape index (κ3) is 3.88. The average Bonchev–Trinajstić information content (AvgIpc) is 2.93. The van der Waals surface area contributed by atoms with E-state index in [2.05, 4.69) is 22.1 Å². The van der Waals surface area contributed by atoms with Crippen molar-refractivity contribution in [2.24, 2.45) is 0 Å². The van der Waals surface area contributed by atoms with Gasteiger partial charge in [0.2, 0.25) is 0 Å². The number of pyridine rings is 1. The first kappa shape index (κ1) is 17.2. The van der Waals surface area contributed by atoms with E-state index in [1.54, 1.807) is 12.3 Å². The molecule has 7 heteroatoms. The van der Waals surface area contributed by atoms with Gasteiger partial charge in [0.05, 0.1) is 11.5 Å². The maximum atomic E-state index is 12.4. The number of nitrogens with zero attached hydrogens (tertiary/aromatic N) is 2. The summed E-state index contributed by atoms with van der Waals surface area (Å²) >= 11 is 0. The molecule has 0 aromatic carbocycles. The fourth-order valence-electron chi connectivity index (χ4n) is 3.62. The summed E-state index contributed by atoms with van der Waals surface area (Å²) in [7, 11) is -2.99. The number of hydrogen-bond donors (Lipinski definition) is 1. The number of sulfone groups is 1. The van der Waals surface area contributed by atoms with Crippen LogP contribution in [0.25, 0.3) is 0 Å². The third-order valence-corrected chi connectivity index (χ3v) is 6.74. The molecule has 2 atom stereocenters. The van der Waals surface area contributed by atoms with Gasteiger partial charge in [-0.25, -0.2) is 13.4 Å². The molecule has 6 nitrogen and oxygen atoms in total. The number of nitrogens with one attached hydrogen (secondary N) is 1. The first-order valence-electron chi connectivity index (χ1n) is 8.72. The van der Waals surface area contributed by atoms with E-state index in [1.807, 2.05) is 6.07 Å². The molecular weight excluding hydrogens is 326 g/mol. The van der Waals surface area contributed by atoms with Gasteiger partial charge in [-0.2, -0.15) is 0 Å². The molecule has 1 aromatic rings. The van der Waals surface area contributed by atoms with Crippen LogP contribution in [0.4, 0.5) is 5.82 Å². The van der Waals surface area contributed by atoms with Crippen molar-refractivity contribution in [1.82, 2.24) is 10.3 Å². The van der Waals surface area contributed by atoms with Crippen LogP contribution in [0.3, 0.4) is 0 Å². The predicted octanol–water partition coefficient (Wildman–Crippen LogP) is 1.77. The van der Waals surface area contributed by atoms with Crippen molar-refractivity contribution in [3.63, 3.8) is 0 Å². The van der Waals surface area contributed by atoms with Gasteiger partial charge < -0.3 is 10.2 Å². The lowest BCUT2D eigenvalue weighted by atomic mass is 10.00. The summed E-state index contributed by atoms with van der Waals surface area (Å²) < 4.78 is 23.0. The van der Waals surface area contributed by atoms with Crippen molar-refractivity contribution in [2.75, 3.05) is 23.0 Å². The van der Waals surface area contributed by atoms with E-state index in [9.17, 15) is 13.2 Å². The first-order valence-corrected chi connectivity index (χ1v) is 10.5. The van der Waals surface area contributed by atoms with Crippen LogP contribution in [-0.4, -0.2) is 49.4 Å². The van der Waals surface area contributed by atoms with E-state index < -0.39 is 9.84 Å². The molecule has 2 aliphatic rings. The molecule has 0 saturated carbocycles. The van der Waals surface area contributed by atoms with E-state index in [-0.39, 0.29) is 23.5 Å². The van der Waals surface area contributed by atoms with Crippen molar-refractivity contribution < 1.29 is 13.2 Å². The maximum absolute atomic E-state index is 12.4. The molecule has 1 N–H and O–H groups in total. The Morgan fingerprint density at radius 3 is 2.92 bits per heavy atom. The lowest BCUT2D eigenvalue weighted by Gasteiger charge is -2.36. The molecule has 2 aliphatic heterocycles. The SMILES string of the molecule is CCC1CCCCN1c1cc(C(=O)NC2CCS(=O)(=O)C2)ccn1.